The zero-order chi connectivity index (χ0) is 14.1. The topological polar surface area (TPSA) is 24.5 Å². The molecule has 1 heterocycles. The minimum atomic E-state index is 0.651. The van der Waals surface area contributed by atoms with E-state index in [1.807, 2.05) is 0 Å². The van der Waals surface area contributed by atoms with Gasteiger partial charge in [0.25, 0.3) is 0 Å². The first kappa shape index (κ1) is 16.9. The smallest absolute Gasteiger partial charge is 0.0489 e. The Morgan fingerprint density at radius 1 is 1.21 bits per heavy atom. The summed E-state index contributed by atoms with van der Waals surface area (Å²) in [6.45, 7) is 15.7. The second-order valence-corrected chi connectivity index (χ2v) is 6.76. The van der Waals surface area contributed by atoms with Crippen molar-refractivity contribution in [3.63, 3.8) is 0 Å². The lowest BCUT2D eigenvalue weighted by Crippen LogP contribution is -2.39. The Bertz CT molecular complexity index is 219. The van der Waals surface area contributed by atoms with Crippen molar-refractivity contribution in [2.75, 3.05) is 39.4 Å². The summed E-state index contributed by atoms with van der Waals surface area (Å²) in [4.78, 5) is 2.62. The standard InChI is InChI=1S/C16H34N2O/c1-14(2)11-16-12-18(8-5-7-17-16)9-6-10-19-13-15(3)4/h14-17H,5-13H2,1-4H3. The highest BCUT2D eigenvalue weighted by Gasteiger charge is 2.17. The minimum absolute atomic E-state index is 0.651. The predicted octanol–water partition coefficient (Wildman–Crippen LogP) is 2.76. The van der Waals surface area contributed by atoms with Gasteiger partial charge in [-0.05, 0) is 44.2 Å². The summed E-state index contributed by atoms with van der Waals surface area (Å²) in [5, 5.41) is 3.69. The maximum Gasteiger partial charge on any atom is 0.0489 e. The second-order valence-electron chi connectivity index (χ2n) is 6.76. The molecule has 0 spiro atoms. The molecule has 3 nitrogen and oxygen atoms in total. The first-order valence-corrected chi connectivity index (χ1v) is 8.11. The first-order chi connectivity index (χ1) is 9.08. The van der Waals surface area contributed by atoms with Gasteiger partial charge in [0.05, 0.1) is 0 Å². The van der Waals surface area contributed by atoms with Gasteiger partial charge in [0.1, 0.15) is 0 Å². The van der Waals surface area contributed by atoms with Crippen LogP contribution in [0.5, 0.6) is 0 Å². The van der Waals surface area contributed by atoms with Gasteiger partial charge in [-0.3, -0.25) is 0 Å². The summed E-state index contributed by atoms with van der Waals surface area (Å²) in [6.07, 6.45) is 3.74. The van der Waals surface area contributed by atoms with Crippen molar-refractivity contribution in [3.05, 3.63) is 0 Å². The Morgan fingerprint density at radius 2 is 2.00 bits per heavy atom. The number of hydrogen-bond donors (Lipinski definition) is 1. The highest BCUT2D eigenvalue weighted by atomic mass is 16.5. The zero-order valence-corrected chi connectivity index (χ0v) is 13.5. The van der Waals surface area contributed by atoms with Crippen molar-refractivity contribution in [2.45, 2.75) is 53.0 Å². The summed E-state index contributed by atoms with van der Waals surface area (Å²) < 4.78 is 5.67. The van der Waals surface area contributed by atoms with Crippen LogP contribution in [0.15, 0.2) is 0 Å². The van der Waals surface area contributed by atoms with Crippen LogP contribution in [0.4, 0.5) is 0 Å². The molecule has 0 aromatic heterocycles. The van der Waals surface area contributed by atoms with E-state index in [4.69, 9.17) is 4.74 Å². The molecule has 1 rings (SSSR count). The van der Waals surface area contributed by atoms with E-state index < -0.39 is 0 Å². The van der Waals surface area contributed by atoms with Crippen molar-refractivity contribution < 1.29 is 4.74 Å². The van der Waals surface area contributed by atoms with E-state index in [2.05, 4.69) is 37.9 Å². The molecule has 3 heteroatoms. The third-order valence-corrected chi connectivity index (χ3v) is 3.53. The molecule has 1 atom stereocenters. The molecule has 0 bridgehead atoms. The maximum absolute atomic E-state index is 5.67. The Kier molecular flexibility index (Phi) is 8.67. The van der Waals surface area contributed by atoms with Crippen LogP contribution < -0.4 is 5.32 Å². The molecular formula is C16H34N2O. The van der Waals surface area contributed by atoms with Crippen LogP contribution in [-0.2, 0) is 4.74 Å². The van der Waals surface area contributed by atoms with Crippen LogP contribution in [0.3, 0.4) is 0 Å². The monoisotopic (exact) mass is 270 g/mol. The molecule has 1 aliphatic rings. The summed E-state index contributed by atoms with van der Waals surface area (Å²) in [6, 6.07) is 0.680. The van der Waals surface area contributed by atoms with Gasteiger partial charge in [-0.1, -0.05) is 27.7 Å². The van der Waals surface area contributed by atoms with Gasteiger partial charge in [0, 0.05) is 32.3 Å². The van der Waals surface area contributed by atoms with Crippen LogP contribution in [-0.4, -0.2) is 50.3 Å². The van der Waals surface area contributed by atoms with Crippen LogP contribution >= 0.6 is 0 Å². The molecule has 1 saturated heterocycles. The van der Waals surface area contributed by atoms with Gasteiger partial charge < -0.3 is 15.0 Å². The van der Waals surface area contributed by atoms with E-state index in [9.17, 15) is 0 Å². The van der Waals surface area contributed by atoms with Crippen molar-refractivity contribution in [3.8, 4) is 0 Å². The summed E-state index contributed by atoms with van der Waals surface area (Å²) >= 11 is 0. The SMILES string of the molecule is CC(C)COCCCN1CCCNC(CC(C)C)C1. The summed E-state index contributed by atoms with van der Waals surface area (Å²) in [5.74, 6) is 1.43. The Balaban J connectivity index is 2.16. The lowest BCUT2D eigenvalue weighted by atomic mass is 10.0. The number of ether oxygens (including phenoxy) is 1. The molecule has 0 aromatic carbocycles. The average molecular weight is 270 g/mol. The maximum atomic E-state index is 5.67. The minimum Gasteiger partial charge on any atom is -0.381 e. The van der Waals surface area contributed by atoms with E-state index in [1.54, 1.807) is 0 Å². The van der Waals surface area contributed by atoms with Crippen LogP contribution in [0.25, 0.3) is 0 Å². The van der Waals surface area contributed by atoms with E-state index in [-0.39, 0.29) is 0 Å². The highest BCUT2D eigenvalue weighted by molar-refractivity contribution is 4.77. The Hall–Kier alpha value is -0.120. The van der Waals surface area contributed by atoms with E-state index in [0.29, 0.717) is 12.0 Å². The van der Waals surface area contributed by atoms with Gasteiger partial charge in [-0.2, -0.15) is 0 Å². The molecule has 0 aromatic rings. The number of nitrogens with zero attached hydrogens (tertiary/aromatic N) is 1. The second kappa shape index (κ2) is 9.73. The van der Waals surface area contributed by atoms with Crippen molar-refractivity contribution in [1.82, 2.24) is 10.2 Å². The third-order valence-electron chi connectivity index (χ3n) is 3.53. The fourth-order valence-corrected chi connectivity index (χ4v) is 2.72. The molecule has 0 aliphatic carbocycles. The molecule has 1 aliphatic heterocycles. The lowest BCUT2D eigenvalue weighted by molar-refractivity contribution is 0.0987. The van der Waals surface area contributed by atoms with E-state index in [0.717, 1.165) is 19.1 Å². The Labute approximate surface area is 120 Å². The van der Waals surface area contributed by atoms with Gasteiger partial charge in [-0.25, -0.2) is 0 Å². The van der Waals surface area contributed by atoms with Gasteiger partial charge in [0.15, 0.2) is 0 Å². The number of hydrogen-bond acceptors (Lipinski definition) is 3. The molecular weight excluding hydrogens is 236 g/mol. The molecule has 0 radical (unpaired) electrons. The number of rotatable bonds is 8. The Morgan fingerprint density at radius 3 is 2.68 bits per heavy atom. The fourth-order valence-electron chi connectivity index (χ4n) is 2.72. The predicted molar refractivity (Wildman–Crippen MR) is 82.6 cm³/mol. The largest absolute Gasteiger partial charge is 0.381 e. The van der Waals surface area contributed by atoms with Crippen molar-refractivity contribution >= 4 is 0 Å². The van der Waals surface area contributed by atoms with Gasteiger partial charge in [-0.15, -0.1) is 0 Å². The molecule has 0 saturated carbocycles. The molecule has 1 N–H and O–H groups in total. The van der Waals surface area contributed by atoms with Crippen LogP contribution in [0.1, 0.15) is 47.0 Å². The normalized spacial score (nSPS) is 22.1. The molecule has 114 valence electrons. The third kappa shape index (κ3) is 8.61. The number of nitrogens with one attached hydrogen (secondary N) is 1. The molecule has 0 amide bonds. The summed E-state index contributed by atoms with van der Waals surface area (Å²) in [7, 11) is 0. The quantitative estimate of drug-likeness (QED) is 0.686. The van der Waals surface area contributed by atoms with Crippen LogP contribution in [0, 0.1) is 11.8 Å². The molecule has 1 unspecified atom stereocenters. The van der Waals surface area contributed by atoms with Gasteiger partial charge in [0.2, 0.25) is 0 Å². The molecule has 1 fully saturated rings. The fraction of sp³-hybridized carbons (Fsp3) is 1.00. The van der Waals surface area contributed by atoms with Gasteiger partial charge >= 0.3 is 0 Å². The van der Waals surface area contributed by atoms with Crippen molar-refractivity contribution in [2.24, 2.45) is 11.8 Å². The summed E-state index contributed by atoms with van der Waals surface area (Å²) in [5.41, 5.74) is 0. The van der Waals surface area contributed by atoms with E-state index >= 15 is 0 Å². The highest BCUT2D eigenvalue weighted by Crippen LogP contribution is 2.10. The zero-order valence-electron chi connectivity index (χ0n) is 13.5. The van der Waals surface area contributed by atoms with E-state index in [1.165, 1.54) is 45.4 Å². The van der Waals surface area contributed by atoms with Crippen molar-refractivity contribution in [1.29, 1.82) is 0 Å². The average Bonchev–Trinajstić information content (AvgIpc) is 2.53. The lowest BCUT2D eigenvalue weighted by Gasteiger charge is -2.25. The first-order valence-electron chi connectivity index (χ1n) is 8.11. The molecule has 19 heavy (non-hydrogen) atoms. The van der Waals surface area contributed by atoms with Crippen LogP contribution in [0.2, 0.25) is 0 Å².